The van der Waals surface area contributed by atoms with Gasteiger partial charge in [-0.25, -0.2) is 8.42 Å². The summed E-state index contributed by atoms with van der Waals surface area (Å²) in [6.45, 7) is 6.98. The van der Waals surface area contributed by atoms with Crippen LogP contribution in [0.4, 0.5) is 0 Å². The van der Waals surface area contributed by atoms with Crippen LogP contribution in [0.3, 0.4) is 0 Å². The maximum absolute atomic E-state index is 12.8. The molecule has 0 spiro atoms. The summed E-state index contributed by atoms with van der Waals surface area (Å²) in [6, 6.07) is 1.71. The Bertz CT molecular complexity index is 536. The maximum Gasteiger partial charge on any atom is 0.244 e. The second-order valence-corrected chi connectivity index (χ2v) is 7.99. The summed E-state index contributed by atoms with van der Waals surface area (Å²) < 4.78 is 32.8. The standard InChI is InChI=1S/C14H24N2O3S2/c1-3-15-10-13-14(7-9-20-13)21(17,18)16(4-2)11-12-6-5-8-19-12/h7,9,12,15H,3-6,8,10-11H2,1-2H3. The van der Waals surface area contributed by atoms with Gasteiger partial charge in [-0.1, -0.05) is 13.8 Å². The minimum Gasteiger partial charge on any atom is -0.377 e. The average Bonchev–Trinajstić information content (AvgIpc) is 3.13. The molecule has 2 heterocycles. The van der Waals surface area contributed by atoms with Gasteiger partial charge in [0.2, 0.25) is 10.0 Å². The van der Waals surface area contributed by atoms with E-state index in [1.165, 1.54) is 11.3 Å². The molecule has 1 aromatic rings. The van der Waals surface area contributed by atoms with Gasteiger partial charge in [0, 0.05) is 31.1 Å². The van der Waals surface area contributed by atoms with Gasteiger partial charge < -0.3 is 10.1 Å². The van der Waals surface area contributed by atoms with Crippen LogP contribution in [-0.2, 0) is 21.3 Å². The molecule has 1 fully saturated rings. The van der Waals surface area contributed by atoms with E-state index >= 15 is 0 Å². The van der Waals surface area contributed by atoms with Gasteiger partial charge >= 0.3 is 0 Å². The molecule has 0 saturated carbocycles. The SMILES string of the molecule is CCNCc1sccc1S(=O)(=O)N(CC)CC1CCCO1. The van der Waals surface area contributed by atoms with Crippen molar-refractivity contribution < 1.29 is 13.2 Å². The predicted molar refractivity (Wildman–Crippen MR) is 85.1 cm³/mol. The van der Waals surface area contributed by atoms with Crippen LogP contribution >= 0.6 is 11.3 Å². The Morgan fingerprint density at radius 3 is 2.90 bits per heavy atom. The normalized spacial score (nSPS) is 19.5. The van der Waals surface area contributed by atoms with Crippen molar-refractivity contribution in [2.45, 2.75) is 44.2 Å². The molecule has 5 nitrogen and oxygen atoms in total. The largest absolute Gasteiger partial charge is 0.377 e. The molecule has 7 heteroatoms. The highest BCUT2D eigenvalue weighted by Gasteiger charge is 2.30. The summed E-state index contributed by atoms with van der Waals surface area (Å²) in [5.41, 5.74) is 0. The highest BCUT2D eigenvalue weighted by molar-refractivity contribution is 7.89. The summed E-state index contributed by atoms with van der Waals surface area (Å²) in [5, 5.41) is 5.04. The molecule has 2 rings (SSSR count). The van der Waals surface area contributed by atoms with Crippen LogP contribution in [-0.4, -0.2) is 45.1 Å². The van der Waals surface area contributed by atoms with Crippen molar-refractivity contribution in [1.82, 2.24) is 9.62 Å². The van der Waals surface area contributed by atoms with Crippen molar-refractivity contribution in [3.05, 3.63) is 16.3 Å². The highest BCUT2D eigenvalue weighted by Crippen LogP contribution is 2.26. The Morgan fingerprint density at radius 2 is 2.29 bits per heavy atom. The molecule has 0 bridgehead atoms. The Hall–Kier alpha value is -0.470. The van der Waals surface area contributed by atoms with E-state index in [0.717, 1.165) is 30.9 Å². The zero-order valence-corrected chi connectivity index (χ0v) is 14.3. The van der Waals surface area contributed by atoms with Crippen molar-refractivity contribution >= 4 is 21.4 Å². The topological polar surface area (TPSA) is 58.6 Å². The fourth-order valence-corrected chi connectivity index (χ4v) is 5.34. The molecular weight excluding hydrogens is 308 g/mol. The molecule has 1 unspecified atom stereocenters. The number of hydrogen-bond acceptors (Lipinski definition) is 5. The lowest BCUT2D eigenvalue weighted by atomic mass is 10.2. The molecule has 1 aliphatic rings. The zero-order valence-electron chi connectivity index (χ0n) is 12.7. The molecule has 1 N–H and O–H groups in total. The number of likely N-dealkylation sites (N-methyl/N-ethyl adjacent to an activating group) is 1. The predicted octanol–water partition coefficient (Wildman–Crippen LogP) is 2.05. The second-order valence-electron chi connectivity index (χ2n) is 5.08. The third-order valence-corrected chi connectivity index (χ3v) is 6.72. The van der Waals surface area contributed by atoms with E-state index in [2.05, 4.69) is 5.32 Å². The van der Waals surface area contributed by atoms with Gasteiger partial charge in [-0.05, 0) is 30.8 Å². The van der Waals surface area contributed by atoms with Crippen LogP contribution in [0.15, 0.2) is 16.3 Å². The lowest BCUT2D eigenvalue weighted by molar-refractivity contribution is 0.0946. The summed E-state index contributed by atoms with van der Waals surface area (Å²) in [5.74, 6) is 0. The molecule has 0 radical (unpaired) electrons. The lowest BCUT2D eigenvalue weighted by Crippen LogP contribution is -2.37. The van der Waals surface area contributed by atoms with Crippen LogP contribution in [0.5, 0.6) is 0 Å². The van der Waals surface area contributed by atoms with Crippen LogP contribution in [0.2, 0.25) is 0 Å². The summed E-state index contributed by atoms with van der Waals surface area (Å²) in [4.78, 5) is 1.32. The quantitative estimate of drug-likeness (QED) is 0.791. The number of nitrogens with zero attached hydrogens (tertiary/aromatic N) is 1. The number of ether oxygens (including phenoxy) is 1. The average molecular weight is 332 g/mol. The third kappa shape index (κ3) is 4.04. The first-order chi connectivity index (χ1) is 10.1. The molecule has 1 atom stereocenters. The van der Waals surface area contributed by atoms with Gasteiger partial charge in [-0.2, -0.15) is 4.31 Å². The van der Waals surface area contributed by atoms with Gasteiger partial charge in [0.05, 0.1) is 11.0 Å². The summed E-state index contributed by atoms with van der Waals surface area (Å²) >= 11 is 1.49. The Kier molecular flexibility index (Phi) is 6.19. The molecule has 0 aromatic carbocycles. The first kappa shape index (κ1) is 16.9. The van der Waals surface area contributed by atoms with Gasteiger partial charge in [0.25, 0.3) is 0 Å². The van der Waals surface area contributed by atoms with E-state index in [1.807, 2.05) is 19.2 Å². The maximum atomic E-state index is 12.8. The fraction of sp³-hybridized carbons (Fsp3) is 0.714. The first-order valence-electron chi connectivity index (χ1n) is 7.48. The monoisotopic (exact) mass is 332 g/mol. The minimum absolute atomic E-state index is 0.0376. The van der Waals surface area contributed by atoms with Gasteiger partial charge in [-0.15, -0.1) is 11.3 Å². The molecular formula is C14H24N2O3S2. The van der Waals surface area contributed by atoms with Gasteiger partial charge in [0.15, 0.2) is 0 Å². The van der Waals surface area contributed by atoms with Crippen LogP contribution in [0.1, 0.15) is 31.6 Å². The third-order valence-electron chi connectivity index (χ3n) is 3.64. The van der Waals surface area contributed by atoms with Crippen molar-refractivity contribution in [3.8, 4) is 0 Å². The van der Waals surface area contributed by atoms with E-state index in [4.69, 9.17) is 4.74 Å². The number of sulfonamides is 1. The summed E-state index contributed by atoms with van der Waals surface area (Å²) in [6.07, 6.45) is 2.00. The molecule has 1 saturated heterocycles. The van der Waals surface area contributed by atoms with Crippen LogP contribution in [0.25, 0.3) is 0 Å². The van der Waals surface area contributed by atoms with E-state index in [1.54, 1.807) is 10.4 Å². The number of rotatable bonds is 8. The van der Waals surface area contributed by atoms with E-state index < -0.39 is 10.0 Å². The smallest absolute Gasteiger partial charge is 0.244 e. The van der Waals surface area contributed by atoms with E-state index in [-0.39, 0.29) is 6.10 Å². The molecule has 1 aliphatic heterocycles. The molecule has 1 aromatic heterocycles. The minimum atomic E-state index is -3.43. The van der Waals surface area contributed by atoms with Crippen molar-refractivity contribution in [2.24, 2.45) is 0 Å². The fourth-order valence-electron chi connectivity index (χ4n) is 2.48. The van der Waals surface area contributed by atoms with Crippen LogP contribution in [0, 0.1) is 0 Å². The molecule has 0 aliphatic carbocycles. The van der Waals surface area contributed by atoms with Crippen molar-refractivity contribution in [1.29, 1.82) is 0 Å². The highest BCUT2D eigenvalue weighted by atomic mass is 32.2. The van der Waals surface area contributed by atoms with E-state index in [0.29, 0.717) is 24.5 Å². The molecule has 0 amide bonds. The van der Waals surface area contributed by atoms with Crippen LogP contribution < -0.4 is 5.32 Å². The lowest BCUT2D eigenvalue weighted by Gasteiger charge is -2.23. The Morgan fingerprint density at radius 1 is 1.48 bits per heavy atom. The number of thiophene rings is 1. The van der Waals surface area contributed by atoms with Gasteiger partial charge in [0.1, 0.15) is 0 Å². The molecule has 21 heavy (non-hydrogen) atoms. The molecule has 120 valence electrons. The Labute approximate surface area is 131 Å². The van der Waals surface area contributed by atoms with E-state index in [9.17, 15) is 8.42 Å². The Balaban J connectivity index is 2.16. The second kappa shape index (κ2) is 7.69. The number of hydrogen-bond donors (Lipinski definition) is 1. The summed E-state index contributed by atoms with van der Waals surface area (Å²) in [7, 11) is -3.43. The van der Waals surface area contributed by atoms with Gasteiger partial charge in [-0.3, -0.25) is 0 Å². The van der Waals surface area contributed by atoms with Crippen molar-refractivity contribution in [2.75, 3.05) is 26.2 Å². The first-order valence-corrected chi connectivity index (χ1v) is 9.80. The van der Waals surface area contributed by atoms with Crippen molar-refractivity contribution in [3.63, 3.8) is 0 Å². The zero-order chi connectivity index (χ0) is 15.3. The number of nitrogens with one attached hydrogen (secondary N) is 1.